The molecule has 16 heteroatoms. The van der Waals surface area contributed by atoms with Gasteiger partial charge in [-0.25, -0.2) is 13.9 Å². The highest BCUT2D eigenvalue weighted by atomic mass is 31.2. The fraction of sp³-hybridized carbons (Fsp3) is 0.478. The summed E-state index contributed by atoms with van der Waals surface area (Å²) < 4.78 is 53.0. The second-order valence-electron chi connectivity index (χ2n) is 9.51. The summed E-state index contributed by atoms with van der Waals surface area (Å²) in [5, 5.41) is 16.5. The van der Waals surface area contributed by atoms with Crippen molar-refractivity contribution >= 4 is 36.6 Å². The van der Waals surface area contributed by atoms with Gasteiger partial charge in [0.15, 0.2) is 35.0 Å². The van der Waals surface area contributed by atoms with Crippen molar-refractivity contribution in [1.29, 1.82) is 0 Å². The Balaban J connectivity index is 1.37. The van der Waals surface area contributed by atoms with Crippen LogP contribution in [-0.2, 0) is 23.4 Å². The van der Waals surface area contributed by atoms with E-state index in [4.69, 9.17) is 24.3 Å². The summed E-state index contributed by atoms with van der Waals surface area (Å²) in [6.45, 7) is 4.75. The lowest BCUT2D eigenvalue weighted by Crippen LogP contribution is -2.38. The number of fused-ring (bicyclic) bond motifs is 2. The number of carbonyl (C=O) groups is 1. The van der Waals surface area contributed by atoms with E-state index in [2.05, 4.69) is 25.4 Å². The maximum Gasteiger partial charge on any atom is 0.459 e. The molecule has 210 valence electrons. The Kier molecular flexibility index (Phi) is 6.97. The molecular weight excluding hydrogens is 536 g/mol. The van der Waals surface area contributed by atoms with E-state index in [1.807, 2.05) is 0 Å². The van der Waals surface area contributed by atoms with E-state index in [0.29, 0.717) is 11.3 Å². The van der Waals surface area contributed by atoms with Crippen LogP contribution in [0, 0.1) is 0 Å². The van der Waals surface area contributed by atoms with Gasteiger partial charge in [-0.05, 0) is 32.9 Å². The minimum absolute atomic E-state index is 0.0673. The number of nitrogens with two attached hydrogens (primary N) is 1. The molecule has 1 saturated heterocycles. The van der Waals surface area contributed by atoms with Gasteiger partial charge >= 0.3 is 13.7 Å². The zero-order chi connectivity index (χ0) is 28.1. The number of nitrogens with zero attached hydrogens (tertiary/aromatic N) is 4. The van der Waals surface area contributed by atoms with E-state index in [-0.39, 0.29) is 17.3 Å². The van der Waals surface area contributed by atoms with Crippen LogP contribution >= 0.6 is 7.75 Å². The van der Waals surface area contributed by atoms with E-state index in [9.17, 15) is 14.5 Å². The van der Waals surface area contributed by atoms with Crippen molar-refractivity contribution in [2.75, 3.05) is 18.1 Å². The molecular formula is C23H29FN7O7P. The van der Waals surface area contributed by atoms with Gasteiger partial charge in [-0.3, -0.25) is 13.9 Å². The van der Waals surface area contributed by atoms with Crippen molar-refractivity contribution in [3.8, 4) is 5.75 Å². The average Bonchev–Trinajstić information content (AvgIpc) is 3.14. The number of esters is 1. The van der Waals surface area contributed by atoms with E-state index in [0.717, 1.165) is 0 Å². The second kappa shape index (κ2) is 9.99. The third-order valence-corrected chi connectivity index (χ3v) is 7.94. The van der Waals surface area contributed by atoms with E-state index >= 15 is 4.39 Å². The van der Waals surface area contributed by atoms with Crippen LogP contribution in [0.2, 0.25) is 0 Å². The highest BCUT2D eigenvalue weighted by molar-refractivity contribution is 7.52. The van der Waals surface area contributed by atoms with Crippen molar-refractivity contribution in [3.63, 3.8) is 0 Å². The lowest BCUT2D eigenvalue weighted by Gasteiger charge is -2.26. The predicted molar refractivity (Wildman–Crippen MR) is 136 cm³/mol. The Labute approximate surface area is 222 Å². The minimum Gasteiger partial charge on any atom is -0.462 e. The number of alkyl halides is 1. The molecule has 2 aromatic heterocycles. The maximum atomic E-state index is 15.7. The number of halogens is 1. The van der Waals surface area contributed by atoms with Crippen molar-refractivity contribution < 1.29 is 37.4 Å². The topological polar surface area (TPSA) is 185 Å². The average molecular weight is 565 g/mol. The molecule has 7 atom stereocenters. The number of para-hydroxylation sites is 1. The highest BCUT2D eigenvalue weighted by Crippen LogP contribution is 2.62. The molecule has 0 amide bonds. The van der Waals surface area contributed by atoms with Crippen LogP contribution in [0.3, 0.4) is 0 Å². The zero-order valence-corrected chi connectivity index (χ0v) is 22.4. The van der Waals surface area contributed by atoms with Crippen molar-refractivity contribution in [2.45, 2.75) is 63.1 Å². The molecule has 1 saturated carbocycles. The molecule has 1 aliphatic carbocycles. The molecule has 2 aliphatic rings. The first-order valence-corrected chi connectivity index (χ1v) is 13.7. The molecule has 2 unspecified atom stereocenters. The number of aromatic nitrogens is 4. The van der Waals surface area contributed by atoms with Gasteiger partial charge in [-0.15, -0.1) is 0 Å². The van der Waals surface area contributed by atoms with Crippen LogP contribution in [-0.4, -0.2) is 73.8 Å². The smallest absolute Gasteiger partial charge is 0.459 e. The first kappa shape index (κ1) is 27.2. The van der Waals surface area contributed by atoms with Crippen molar-refractivity contribution in [2.24, 2.45) is 0 Å². The Hall–Kier alpha value is -3.36. The number of ether oxygens (including phenoxy) is 2. The van der Waals surface area contributed by atoms with Gasteiger partial charge in [-0.2, -0.15) is 15.1 Å². The normalized spacial score (nSPS) is 28.1. The molecule has 0 spiro atoms. The Morgan fingerprint density at radius 3 is 2.62 bits per heavy atom. The maximum absolute atomic E-state index is 15.7. The van der Waals surface area contributed by atoms with Crippen LogP contribution in [0.4, 0.5) is 16.2 Å². The monoisotopic (exact) mass is 565 g/mol. The molecule has 5 rings (SSSR count). The van der Waals surface area contributed by atoms with Crippen LogP contribution in [0.25, 0.3) is 11.2 Å². The second-order valence-corrected chi connectivity index (χ2v) is 11.2. The summed E-state index contributed by atoms with van der Waals surface area (Å²) in [7, 11) is -2.75. The molecule has 3 heterocycles. The lowest BCUT2D eigenvalue weighted by atomic mass is 10.2. The van der Waals surface area contributed by atoms with Crippen molar-refractivity contribution in [3.05, 3.63) is 36.7 Å². The van der Waals surface area contributed by atoms with Crippen molar-refractivity contribution in [1.82, 2.24) is 24.6 Å². The van der Waals surface area contributed by atoms with Crippen LogP contribution in [0.1, 0.15) is 27.0 Å². The molecule has 1 aromatic carbocycles. The molecule has 1 aliphatic heterocycles. The lowest BCUT2D eigenvalue weighted by molar-refractivity contribution is -0.149. The number of rotatable bonds is 10. The third-order valence-electron chi connectivity index (χ3n) is 6.28. The number of nitrogens with one attached hydrogen (secondary N) is 2. The number of hydrogen-bond donors (Lipinski definition) is 4. The van der Waals surface area contributed by atoms with Crippen LogP contribution in [0.15, 0.2) is 36.7 Å². The molecule has 3 aromatic rings. The summed E-state index contributed by atoms with van der Waals surface area (Å²) >= 11 is 0. The van der Waals surface area contributed by atoms with Gasteiger partial charge in [0.2, 0.25) is 5.95 Å². The minimum atomic E-state index is -4.37. The summed E-state index contributed by atoms with van der Waals surface area (Å²) in [6, 6.07) is 6.95. The summed E-state index contributed by atoms with van der Waals surface area (Å²) in [4.78, 5) is 24.7. The molecule has 2 fully saturated rings. The zero-order valence-electron chi connectivity index (χ0n) is 21.5. The quantitative estimate of drug-likeness (QED) is 0.207. The van der Waals surface area contributed by atoms with E-state index < -0.39 is 56.1 Å². The fourth-order valence-electron chi connectivity index (χ4n) is 4.39. The van der Waals surface area contributed by atoms with E-state index in [1.165, 1.54) is 30.0 Å². The third kappa shape index (κ3) is 4.92. The largest absolute Gasteiger partial charge is 0.462 e. The number of carbonyl (C=O) groups excluding carboxylic acids is 1. The first-order valence-electron chi connectivity index (χ1n) is 12.2. The van der Waals surface area contributed by atoms with E-state index in [1.54, 1.807) is 39.1 Å². The SMILES string of the molecule is CNc1nc(N)nc2c1ncn2[C@@H]1O[C@@H]2C(OP(=O)(N[C@H](C)C(=O)OC(C)C)Oc3ccccc3)[C@]2(O)[C@H]1F. The number of hydrogen-bond acceptors (Lipinski definition) is 12. The summed E-state index contributed by atoms with van der Waals surface area (Å²) in [5.74, 6) is -0.269. The molecule has 0 bridgehead atoms. The Morgan fingerprint density at radius 2 is 2.00 bits per heavy atom. The molecule has 14 nitrogen and oxygen atoms in total. The van der Waals surface area contributed by atoms with Crippen LogP contribution < -0.4 is 20.7 Å². The number of imidazole rings is 1. The van der Waals surface area contributed by atoms with Gasteiger partial charge in [0.25, 0.3) is 0 Å². The highest BCUT2D eigenvalue weighted by Gasteiger charge is 2.80. The number of anilines is 2. The summed E-state index contributed by atoms with van der Waals surface area (Å²) in [6.07, 6.45) is -5.05. The van der Waals surface area contributed by atoms with Gasteiger partial charge in [-0.1, -0.05) is 18.2 Å². The van der Waals surface area contributed by atoms with Gasteiger partial charge in [0, 0.05) is 7.05 Å². The Bertz CT molecular complexity index is 1430. The summed E-state index contributed by atoms with van der Waals surface area (Å²) in [5.41, 5.74) is 4.13. The standard InChI is InChI=1S/C23H29FN7O7P/c1-11(2)35-21(32)12(3)30-39(34,37-13-8-6-5-7-9-13)38-17-16-23(17,33)15(24)20(36-16)31-10-27-14-18(26-4)28-22(25)29-19(14)31/h5-12,15-17,20,33H,1-4H3,(H,30,34)(H3,25,26,28,29)/t12-,15+,16-,17?,20-,23+,39?/m1/s1. The number of aliphatic hydroxyl groups is 1. The van der Waals surface area contributed by atoms with Gasteiger partial charge < -0.3 is 30.2 Å². The van der Waals surface area contributed by atoms with Crippen LogP contribution in [0.5, 0.6) is 5.75 Å². The molecule has 0 radical (unpaired) electrons. The predicted octanol–water partition coefficient (Wildman–Crippen LogP) is 1.93. The fourth-order valence-corrected chi connectivity index (χ4v) is 6.10. The number of benzene rings is 1. The first-order chi connectivity index (χ1) is 18.5. The Morgan fingerprint density at radius 1 is 1.28 bits per heavy atom. The molecule has 39 heavy (non-hydrogen) atoms. The van der Waals surface area contributed by atoms with Gasteiger partial charge in [0.05, 0.1) is 12.4 Å². The molecule has 5 N–H and O–H groups in total. The number of nitrogen functional groups attached to an aromatic ring is 1. The van der Waals surface area contributed by atoms with Gasteiger partial charge in [0.1, 0.15) is 24.0 Å².